The maximum atomic E-state index is 11.0. The Balaban J connectivity index is 0.000000531. The van der Waals surface area contributed by atoms with E-state index in [0.717, 1.165) is 16.5 Å². The van der Waals surface area contributed by atoms with Gasteiger partial charge >= 0.3 is 0 Å². The Hall–Kier alpha value is -1.28. The molecule has 0 bridgehead atoms. The van der Waals surface area contributed by atoms with Crippen molar-refractivity contribution < 1.29 is 0 Å². The molecule has 2 nitrogen and oxygen atoms in total. The second kappa shape index (κ2) is 4.99. The number of benzene rings is 1. The maximum Gasteiger partial charge on any atom is 0.248 e. The van der Waals surface area contributed by atoms with Crippen molar-refractivity contribution in [2.24, 2.45) is 0 Å². The Labute approximate surface area is 93.9 Å². The summed E-state index contributed by atoms with van der Waals surface area (Å²) in [6, 6.07) is 6.97. The molecule has 1 heterocycles. The molecule has 0 fully saturated rings. The molecule has 0 atom stereocenters. The Morgan fingerprint density at radius 2 is 1.80 bits per heavy atom. The molecule has 1 N–H and O–H groups in total. The zero-order chi connectivity index (χ0) is 11.4. The molecule has 3 heteroatoms. The minimum Gasteiger partial charge on any atom is -0.322 e. The maximum absolute atomic E-state index is 11.0. The predicted molar refractivity (Wildman–Crippen MR) is 65.7 cm³/mol. The number of aromatic nitrogens is 1. The van der Waals surface area contributed by atoms with Gasteiger partial charge in [0.15, 0.2) is 0 Å². The van der Waals surface area contributed by atoms with E-state index in [2.05, 4.69) is 4.98 Å². The molecule has 1 aromatic carbocycles. The molecule has 2 aromatic rings. The van der Waals surface area contributed by atoms with Gasteiger partial charge in [-0.25, -0.2) is 0 Å². The summed E-state index contributed by atoms with van der Waals surface area (Å²) < 4.78 is 0. The second-order valence-electron chi connectivity index (χ2n) is 2.98. The van der Waals surface area contributed by atoms with E-state index in [-0.39, 0.29) is 5.56 Å². The van der Waals surface area contributed by atoms with Gasteiger partial charge in [0.25, 0.3) is 0 Å². The summed E-state index contributed by atoms with van der Waals surface area (Å²) in [7, 11) is 0. The summed E-state index contributed by atoms with van der Waals surface area (Å²) in [5.74, 6) is 0. The fourth-order valence-electron chi connectivity index (χ4n) is 1.31. The number of fused-ring (bicyclic) bond motifs is 1. The van der Waals surface area contributed by atoms with Crippen LogP contribution in [0.1, 0.15) is 19.4 Å². The van der Waals surface area contributed by atoms with Gasteiger partial charge in [0.2, 0.25) is 5.56 Å². The molecular weight excluding hydrogens is 210 g/mol. The SMILES string of the molecule is CC.Cc1ccc2[nH]c(=O)ccc2c1Cl. The van der Waals surface area contributed by atoms with Crippen molar-refractivity contribution in [3.63, 3.8) is 0 Å². The quantitative estimate of drug-likeness (QED) is 0.729. The van der Waals surface area contributed by atoms with Crippen LogP contribution in [-0.4, -0.2) is 4.98 Å². The van der Waals surface area contributed by atoms with Gasteiger partial charge in [0.05, 0.1) is 5.02 Å². The minimum absolute atomic E-state index is 0.104. The lowest BCUT2D eigenvalue weighted by Gasteiger charge is -2.02. The van der Waals surface area contributed by atoms with E-state index in [0.29, 0.717) is 5.02 Å². The van der Waals surface area contributed by atoms with Crippen LogP contribution in [0.2, 0.25) is 5.02 Å². The fraction of sp³-hybridized carbons (Fsp3) is 0.250. The van der Waals surface area contributed by atoms with E-state index in [4.69, 9.17) is 11.6 Å². The molecule has 2 rings (SSSR count). The van der Waals surface area contributed by atoms with E-state index < -0.39 is 0 Å². The molecule has 1 aromatic heterocycles. The third-order valence-electron chi connectivity index (χ3n) is 2.03. The van der Waals surface area contributed by atoms with E-state index in [1.54, 1.807) is 6.07 Å². The first-order valence-corrected chi connectivity index (χ1v) is 5.34. The lowest BCUT2D eigenvalue weighted by Crippen LogP contribution is -2.02. The van der Waals surface area contributed by atoms with Crippen LogP contribution in [0.15, 0.2) is 29.1 Å². The number of aromatic amines is 1. The highest BCUT2D eigenvalue weighted by molar-refractivity contribution is 6.36. The van der Waals surface area contributed by atoms with Crippen molar-refractivity contribution >= 4 is 22.5 Å². The first-order chi connectivity index (χ1) is 7.18. The van der Waals surface area contributed by atoms with Crippen LogP contribution in [0.25, 0.3) is 10.9 Å². The molecule has 0 aliphatic rings. The van der Waals surface area contributed by atoms with E-state index in [1.807, 2.05) is 32.9 Å². The molecule has 0 amide bonds. The molecular formula is C12H14ClNO. The minimum atomic E-state index is -0.104. The highest BCUT2D eigenvalue weighted by atomic mass is 35.5. The average molecular weight is 224 g/mol. The smallest absolute Gasteiger partial charge is 0.248 e. The van der Waals surface area contributed by atoms with Crippen LogP contribution in [0.5, 0.6) is 0 Å². The highest BCUT2D eigenvalue weighted by Crippen LogP contribution is 2.24. The zero-order valence-electron chi connectivity index (χ0n) is 9.10. The fourth-order valence-corrected chi connectivity index (χ4v) is 1.54. The number of nitrogens with one attached hydrogen (secondary N) is 1. The van der Waals surface area contributed by atoms with Gasteiger partial charge in [-0.1, -0.05) is 31.5 Å². The third kappa shape index (κ3) is 2.39. The largest absolute Gasteiger partial charge is 0.322 e. The Bertz CT molecular complexity index is 517. The van der Waals surface area contributed by atoms with Crippen molar-refractivity contribution in [3.05, 3.63) is 45.2 Å². The lowest BCUT2D eigenvalue weighted by molar-refractivity contribution is 1.30. The first-order valence-electron chi connectivity index (χ1n) is 4.96. The number of aryl methyl sites for hydroxylation is 1. The molecule has 15 heavy (non-hydrogen) atoms. The Morgan fingerprint density at radius 3 is 2.47 bits per heavy atom. The normalized spacial score (nSPS) is 9.60. The molecule has 0 saturated heterocycles. The van der Waals surface area contributed by atoms with Crippen molar-refractivity contribution in [1.82, 2.24) is 4.98 Å². The molecule has 0 spiro atoms. The van der Waals surface area contributed by atoms with Gasteiger partial charge in [0, 0.05) is 17.0 Å². The average Bonchev–Trinajstić information content (AvgIpc) is 2.26. The molecule has 0 aliphatic heterocycles. The Morgan fingerprint density at radius 1 is 1.13 bits per heavy atom. The standard InChI is InChI=1S/C10H8ClNO.C2H6/c1-6-2-4-8-7(10(6)11)3-5-9(13)12-8;1-2/h2-5H,1H3,(H,12,13);1-2H3. The summed E-state index contributed by atoms with van der Waals surface area (Å²) in [4.78, 5) is 13.7. The van der Waals surface area contributed by atoms with Crippen molar-refractivity contribution in [2.75, 3.05) is 0 Å². The number of hydrogen-bond donors (Lipinski definition) is 1. The van der Waals surface area contributed by atoms with E-state index in [9.17, 15) is 4.79 Å². The number of H-pyrrole nitrogens is 1. The van der Waals surface area contributed by atoms with Crippen molar-refractivity contribution in [3.8, 4) is 0 Å². The van der Waals surface area contributed by atoms with Gasteiger partial charge in [-0.15, -0.1) is 0 Å². The molecule has 80 valence electrons. The molecule has 0 saturated carbocycles. The van der Waals surface area contributed by atoms with Crippen LogP contribution in [0.4, 0.5) is 0 Å². The zero-order valence-corrected chi connectivity index (χ0v) is 9.85. The number of hydrogen-bond acceptors (Lipinski definition) is 1. The number of pyridine rings is 1. The van der Waals surface area contributed by atoms with E-state index in [1.165, 1.54) is 6.07 Å². The van der Waals surface area contributed by atoms with Crippen molar-refractivity contribution in [1.29, 1.82) is 0 Å². The molecule has 0 radical (unpaired) electrons. The monoisotopic (exact) mass is 223 g/mol. The van der Waals surface area contributed by atoms with Crippen LogP contribution in [0, 0.1) is 6.92 Å². The summed E-state index contributed by atoms with van der Waals surface area (Å²) >= 11 is 6.06. The van der Waals surface area contributed by atoms with Gasteiger partial charge < -0.3 is 4.98 Å². The summed E-state index contributed by atoms with van der Waals surface area (Å²) in [6.45, 7) is 5.94. The third-order valence-corrected chi connectivity index (χ3v) is 2.53. The topological polar surface area (TPSA) is 32.9 Å². The molecule has 0 aliphatic carbocycles. The second-order valence-corrected chi connectivity index (χ2v) is 3.36. The predicted octanol–water partition coefficient (Wildman–Crippen LogP) is 3.52. The van der Waals surface area contributed by atoms with Gasteiger partial charge in [-0.3, -0.25) is 4.79 Å². The first kappa shape index (κ1) is 11.8. The lowest BCUT2D eigenvalue weighted by atomic mass is 10.1. The van der Waals surface area contributed by atoms with Crippen LogP contribution >= 0.6 is 11.6 Å². The number of halogens is 1. The summed E-state index contributed by atoms with van der Waals surface area (Å²) in [6.07, 6.45) is 0. The Kier molecular flexibility index (Phi) is 3.92. The van der Waals surface area contributed by atoms with Gasteiger partial charge in [0.1, 0.15) is 0 Å². The highest BCUT2D eigenvalue weighted by Gasteiger charge is 2.01. The number of rotatable bonds is 0. The van der Waals surface area contributed by atoms with Gasteiger partial charge in [-0.2, -0.15) is 0 Å². The van der Waals surface area contributed by atoms with Crippen LogP contribution < -0.4 is 5.56 Å². The van der Waals surface area contributed by atoms with E-state index >= 15 is 0 Å². The van der Waals surface area contributed by atoms with Gasteiger partial charge in [-0.05, 0) is 24.6 Å². The summed E-state index contributed by atoms with van der Waals surface area (Å²) in [5.41, 5.74) is 1.69. The van der Waals surface area contributed by atoms with Crippen LogP contribution in [0.3, 0.4) is 0 Å². The van der Waals surface area contributed by atoms with Crippen molar-refractivity contribution in [2.45, 2.75) is 20.8 Å². The van der Waals surface area contributed by atoms with Crippen LogP contribution in [-0.2, 0) is 0 Å². The molecule has 0 unspecified atom stereocenters. The summed E-state index contributed by atoms with van der Waals surface area (Å²) in [5, 5.41) is 1.59.